The summed E-state index contributed by atoms with van der Waals surface area (Å²) >= 11 is 0. The van der Waals surface area contributed by atoms with Crippen LogP contribution in [0.25, 0.3) is 0 Å². The third kappa shape index (κ3) is 2.33. The van der Waals surface area contributed by atoms with Gasteiger partial charge in [-0.2, -0.15) is 0 Å². The summed E-state index contributed by atoms with van der Waals surface area (Å²) in [6.45, 7) is 0. The molecule has 4 N–H and O–H groups in total. The van der Waals surface area contributed by atoms with Gasteiger partial charge >= 0.3 is 0 Å². The number of amides is 2. The van der Waals surface area contributed by atoms with Gasteiger partial charge in [0.25, 0.3) is 0 Å². The van der Waals surface area contributed by atoms with E-state index in [0.29, 0.717) is 0 Å². The molecular formula is C8H11N3O2. The topological polar surface area (TPSA) is 91.1 Å². The number of nitrogens with zero attached hydrogens (tertiary/aromatic N) is 1. The van der Waals surface area contributed by atoms with Crippen LogP contribution in [-0.2, 0) is 9.59 Å². The fraction of sp³-hybridized carbons (Fsp3) is 0.250. The average Bonchev–Trinajstić information content (AvgIpc) is 2.50. The molecule has 5 heteroatoms. The SMILES string of the molecule is NC(=O)CC(C(N)=O)n1cccc1. The van der Waals surface area contributed by atoms with Crippen molar-refractivity contribution in [2.75, 3.05) is 0 Å². The minimum absolute atomic E-state index is 0.0655. The van der Waals surface area contributed by atoms with Crippen LogP contribution in [0.5, 0.6) is 0 Å². The van der Waals surface area contributed by atoms with E-state index in [4.69, 9.17) is 11.5 Å². The molecule has 13 heavy (non-hydrogen) atoms. The molecule has 1 aromatic rings. The van der Waals surface area contributed by atoms with Crippen LogP contribution in [0.2, 0.25) is 0 Å². The van der Waals surface area contributed by atoms with Crippen LogP contribution in [0, 0.1) is 0 Å². The zero-order valence-electron chi connectivity index (χ0n) is 7.01. The van der Waals surface area contributed by atoms with Gasteiger partial charge in [0.1, 0.15) is 6.04 Å². The minimum Gasteiger partial charge on any atom is -0.370 e. The van der Waals surface area contributed by atoms with Gasteiger partial charge in [0.2, 0.25) is 11.8 Å². The van der Waals surface area contributed by atoms with Gasteiger partial charge in [-0.25, -0.2) is 0 Å². The largest absolute Gasteiger partial charge is 0.370 e. The fourth-order valence-electron chi connectivity index (χ4n) is 1.10. The second-order valence-corrected chi connectivity index (χ2v) is 2.72. The summed E-state index contributed by atoms with van der Waals surface area (Å²) in [6, 6.07) is 2.82. The first kappa shape index (κ1) is 9.31. The Bertz CT molecular complexity index is 305. The lowest BCUT2D eigenvalue weighted by atomic mass is 10.2. The van der Waals surface area contributed by atoms with E-state index in [1.165, 1.54) is 0 Å². The van der Waals surface area contributed by atoms with Crippen LogP contribution in [0.15, 0.2) is 24.5 Å². The highest BCUT2D eigenvalue weighted by Gasteiger charge is 2.18. The number of primary amides is 2. The maximum absolute atomic E-state index is 10.9. The van der Waals surface area contributed by atoms with Gasteiger partial charge in [0.15, 0.2) is 0 Å². The summed E-state index contributed by atoms with van der Waals surface area (Å²) in [5.74, 6) is -1.10. The van der Waals surface area contributed by atoms with E-state index < -0.39 is 17.9 Å². The van der Waals surface area contributed by atoms with E-state index in [0.717, 1.165) is 0 Å². The Kier molecular flexibility index (Phi) is 2.69. The van der Waals surface area contributed by atoms with Crippen LogP contribution >= 0.6 is 0 Å². The molecule has 0 bridgehead atoms. The van der Waals surface area contributed by atoms with Gasteiger partial charge in [-0.1, -0.05) is 0 Å². The summed E-state index contributed by atoms with van der Waals surface area (Å²) < 4.78 is 1.56. The predicted molar refractivity (Wildman–Crippen MR) is 46.5 cm³/mol. The molecule has 0 fully saturated rings. The van der Waals surface area contributed by atoms with Crippen LogP contribution < -0.4 is 11.5 Å². The number of hydrogen-bond donors (Lipinski definition) is 2. The highest BCUT2D eigenvalue weighted by molar-refractivity contribution is 5.85. The minimum atomic E-state index is -0.674. The van der Waals surface area contributed by atoms with E-state index in [1.807, 2.05) is 0 Å². The van der Waals surface area contributed by atoms with E-state index >= 15 is 0 Å². The van der Waals surface area contributed by atoms with Crippen molar-refractivity contribution in [2.24, 2.45) is 11.5 Å². The van der Waals surface area contributed by atoms with Gasteiger partial charge in [-0.15, -0.1) is 0 Å². The Hall–Kier alpha value is -1.78. The lowest BCUT2D eigenvalue weighted by Gasteiger charge is -2.12. The molecule has 0 spiro atoms. The molecule has 1 rings (SSSR count). The Morgan fingerprint density at radius 1 is 1.23 bits per heavy atom. The van der Waals surface area contributed by atoms with E-state index in [1.54, 1.807) is 29.1 Å². The van der Waals surface area contributed by atoms with Crippen molar-refractivity contribution < 1.29 is 9.59 Å². The molecule has 0 saturated heterocycles. The molecule has 2 amide bonds. The first-order valence-electron chi connectivity index (χ1n) is 3.81. The van der Waals surface area contributed by atoms with Crippen molar-refractivity contribution in [3.63, 3.8) is 0 Å². The highest BCUT2D eigenvalue weighted by atomic mass is 16.2. The van der Waals surface area contributed by atoms with Crippen LogP contribution in [0.3, 0.4) is 0 Å². The van der Waals surface area contributed by atoms with Crippen molar-refractivity contribution in [1.29, 1.82) is 0 Å². The highest BCUT2D eigenvalue weighted by Crippen LogP contribution is 2.10. The molecule has 0 radical (unpaired) electrons. The number of carbonyl (C=O) groups is 2. The zero-order valence-corrected chi connectivity index (χ0v) is 7.01. The Morgan fingerprint density at radius 3 is 2.15 bits per heavy atom. The molecule has 1 heterocycles. The summed E-state index contributed by atoms with van der Waals surface area (Å²) in [5, 5.41) is 0. The molecule has 0 aliphatic carbocycles. The molecule has 1 unspecified atom stereocenters. The molecule has 1 aromatic heterocycles. The summed E-state index contributed by atoms with van der Waals surface area (Å²) in [5.41, 5.74) is 10.1. The number of carbonyl (C=O) groups excluding carboxylic acids is 2. The zero-order chi connectivity index (χ0) is 9.84. The number of rotatable bonds is 4. The van der Waals surface area contributed by atoms with Gasteiger partial charge < -0.3 is 16.0 Å². The first-order valence-corrected chi connectivity index (χ1v) is 3.81. The maximum atomic E-state index is 10.9. The quantitative estimate of drug-likeness (QED) is 0.648. The first-order chi connectivity index (χ1) is 6.11. The van der Waals surface area contributed by atoms with Crippen molar-refractivity contribution in [3.05, 3.63) is 24.5 Å². The van der Waals surface area contributed by atoms with Crippen molar-refractivity contribution >= 4 is 11.8 Å². The van der Waals surface area contributed by atoms with Crippen molar-refractivity contribution in [2.45, 2.75) is 12.5 Å². The number of hydrogen-bond acceptors (Lipinski definition) is 2. The third-order valence-corrected chi connectivity index (χ3v) is 1.71. The predicted octanol–water partition coefficient (Wildman–Crippen LogP) is -0.610. The lowest BCUT2D eigenvalue weighted by Crippen LogP contribution is -2.30. The normalized spacial score (nSPS) is 12.3. The molecular weight excluding hydrogens is 170 g/mol. The summed E-state index contributed by atoms with van der Waals surface area (Å²) in [7, 11) is 0. The molecule has 70 valence electrons. The summed E-state index contributed by atoms with van der Waals surface area (Å²) in [6.07, 6.45) is 3.26. The second-order valence-electron chi connectivity index (χ2n) is 2.72. The second kappa shape index (κ2) is 3.75. The van der Waals surface area contributed by atoms with Gasteiger partial charge in [-0.3, -0.25) is 9.59 Å². The number of aromatic nitrogens is 1. The standard InChI is InChI=1S/C8H11N3O2/c9-7(12)5-6(8(10)13)11-3-1-2-4-11/h1-4,6H,5H2,(H2,9,12)(H2,10,13). The number of nitrogens with two attached hydrogens (primary N) is 2. The van der Waals surface area contributed by atoms with Gasteiger partial charge in [0, 0.05) is 12.4 Å². The monoisotopic (exact) mass is 181 g/mol. The van der Waals surface area contributed by atoms with E-state index in [2.05, 4.69) is 0 Å². The lowest BCUT2D eigenvalue weighted by molar-refractivity contribution is -0.126. The fourth-order valence-corrected chi connectivity index (χ4v) is 1.10. The average molecular weight is 181 g/mol. The maximum Gasteiger partial charge on any atom is 0.241 e. The van der Waals surface area contributed by atoms with Crippen LogP contribution in [0.4, 0.5) is 0 Å². The van der Waals surface area contributed by atoms with Crippen molar-refractivity contribution in [3.8, 4) is 0 Å². The van der Waals surface area contributed by atoms with Crippen molar-refractivity contribution in [1.82, 2.24) is 4.57 Å². The molecule has 0 aliphatic heterocycles. The smallest absolute Gasteiger partial charge is 0.241 e. The molecule has 5 nitrogen and oxygen atoms in total. The van der Waals surface area contributed by atoms with E-state index in [-0.39, 0.29) is 6.42 Å². The van der Waals surface area contributed by atoms with Crippen LogP contribution in [0.1, 0.15) is 12.5 Å². The Morgan fingerprint density at radius 2 is 1.77 bits per heavy atom. The third-order valence-electron chi connectivity index (χ3n) is 1.71. The van der Waals surface area contributed by atoms with Gasteiger partial charge in [0.05, 0.1) is 6.42 Å². The van der Waals surface area contributed by atoms with E-state index in [9.17, 15) is 9.59 Å². The Balaban J connectivity index is 2.81. The summed E-state index contributed by atoms with van der Waals surface area (Å²) in [4.78, 5) is 21.5. The Labute approximate surface area is 75.3 Å². The van der Waals surface area contributed by atoms with Crippen LogP contribution in [-0.4, -0.2) is 16.4 Å². The molecule has 0 aromatic carbocycles. The molecule has 1 atom stereocenters. The molecule has 0 aliphatic rings. The molecule has 0 saturated carbocycles. The van der Waals surface area contributed by atoms with Gasteiger partial charge in [-0.05, 0) is 12.1 Å².